The summed E-state index contributed by atoms with van der Waals surface area (Å²) in [5.41, 5.74) is 2.13. The van der Waals surface area contributed by atoms with E-state index in [1.807, 2.05) is 35.3 Å². The van der Waals surface area contributed by atoms with E-state index in [9.17, 15) is 9.18 Å². The van der Waals surface area contributed by atoms with E-state index in [1.54, 1.807) is 12.1 Å². The zero-order valence-corrected chi connectivity index (χ0v) is 17.9. The minimum atomic E-state index is -0.249. The van der Waals surface area contributed by atoms with E-state index in [-0.39, 0.29) is 17.8 Å². The summed E-state index contributed by atoms with van der Waals surface area (Å²) in [4.78, 5) is 12.9. The van der Waals surface area contributed by atoms with E-state index in [0.717, 1.165) is 35.6 Å². The largest absolute Gasteiger partial charge is 0.347 e. The second-order valence-electron chi connectivity index (χ2n) is 7.98. The fourth-order valence-electron chi connectivity index (χ4n) is 4.16. The maximum Gasteiger partial charge on any atom is 0.267 e. The molecule has 4 nitrogen and oxygen atoms in total. The average Bonchev–Trinajstić information content (AvgIpc) is 3.22. The van der Waals surface area contributed by atoms with Crippen LogP contribution in [-0.2, 0) is 11.3 Å². The summed E-state index contributed by atoms with van der Waals surface area (Å²) in [6.45, 7) is 3.29. The first-order valence-corrected chi connectivity index (χ1v) is 11.0. The van der Waals surface area contributed by atoms with Crippen LogP contribution in [0.25, 0.3) is 10.8 Å². The molecule has 5 heteroatoms. The first-order valence-electron chi connectivity index (χ1n) is 11.0. The number of rotatable bonds is 8. The van der Waals surface area contributed by atoms with Crippen molar-refractivity contribution in [1.82, 2.24) is 10.3 Å². The molecule has 3 aromatic carbocycles. The lowest BCUT2D eigenvalue weighted by Gasteiger charge is -2.24. The van der Waals surface area contributed by atoms with Gasteiger partial charge in [-0.25, -0.2) is 4.39 Å². The van der Waals surface area contributed by atoms with Gasteiger partial charge in [0.15, 0.2) is 0 Å². The predicted molar refractivity (Wildman–Crippen MR) is 123 cm³/mol. The van der Waals surface area contributed by atoms with Crippen LogP contribution in [0.1, 0.15) is 49.8 Å². The molecule has 0 fully saturated rings. The molecule has 31 heavy (non-hydrogen) atoms. The van der Waals surface area contributed by atoms with Gasteiger partial charge in [0.2, 0.25) is 0 Å². The number of carbonyl (C=O) groups is 1. The minimum absolute atomic E-state index is 0.188. The lowest BCUT2D eigenvalue weighted by Crippen LogP contribution is -2.30. The van der Waals surface area contributed by atoms with Crippen LogP contribution in [0.5, 0.6) is 0 Å². The van der Waals surface area contributed by atoms with Gasteiger partial charge in [-0.15, -0.1) is 0 Å². The first kappa shape index (κ1) is 21.0. The van der Waals surface area contributed by atoms with Crippen LogP contribution >= 0.6 is 0 Å². The molecule has 0 radical (unpaired) electrons. The van der Waals surface area contributed by atoms with E-state index in [4.69, 9.17) is 0 Å². The number of benzene rings is 3. The number of hydrogen-bond donors (Lipinski definition) is 1. The zero-order chi connectivity index (χ0) is 21.6. The number of halogens is 1. The molecule has 1 amide bonds. The first-order chi connectivity index (χ1) is 15.2. The second kappa shape index (κ2) is 9.73. The Labute approximate surface area is 182 Å². The molecule has 3 aromatic rings. The number of carbonyl (C=O) groups excluding carboxylic acids is 1. The fourth-order valence-corrected chi connectivity index (χ4v) is 4.16. The third-order valence-electron chi connectivity index (χ3n) is 5.83. The number of amides is 1. The lowest BCUT2D eigenvalue weighted by molar-refractivity contribution is -0.115. The predicted octanol–water partition coefficient (Wildman–Crippen LogP) is 5.59. The lowest BCUT2D eigenvalue weighted by atomic mass is 10.0. The van der Waals surface area contributed by atoms with Crippen LogP contribution in [0.2, 0.25) is 0 Å². The Morgan fingerprint density at radius 2 is 1.84 bits per heavy atom. The number of nitrogens with zero attached hydrogens (tertiary/aromatic N) is 2. The maximum atomic E-state index is 14.5. The molecule has 0 bridgehead atoms. The summed E-state index contributed by atoms with van der Waals surface area (Å²) >= 11 is 0. The van der Waals surface area contributed by atoms with Crippen LogP contribution in [0.3, 0.4) is 0 Å². The van der Waals surface area contributed by atoms with Crippen molar-refractivity contribution in [2.24, 2.45) is 5.10 Å². The van der Waals surface area contributed by atoms with E-state index in [0.29, 0.717) is 30.8 Å². The van der Waals surface area contributed by atoms with Crippen molar-refractivity contribution in [3.63, 3.8) is 0 Å². The highest BCUT2D eigenvalue weighted by Gasteiger charge is 2.32. The SMILES string of the molecule is CCCCCN1N=C(C(=O)NCc2cccc3ccccc23)CC1c1ccccc1F. The number of nitrogens with one attached hydrogen (secondary N) is 1. The average molecular weight is 418 g/mol. The van der Waals surface area contributed by atoms with E-state index >= 15 is 0 Å². The Hall–Kier alpha value is -3.21. The summed E-state index contributed by atoms with van der Waals surface area (Å²) in [5.74, 6) is -0.437. The molecule has 160 valence electrons. The number of hydrazone groups is 1. The van der Waals surface area contributed by atoms with Gasteiger partial charge >= 0.3 is 0 Å². The summed E-state index contributed by atoms with van der Waals surface area (Å²) in [7, 11) is 0. The third-order valence-corrected chi connectivity index (χ3v) is 5.83. The monoisotopic (exact) mass is 417 g/mol. The van der Waals surface area contributed by atoms with E-state index in [1.165, 1.54) is 6.07 Å². The van der Waals surface area contributed by atoms with Crippen LogP contribution in [0.15, 0.2) is 71.8 Å². The van der Waals surface area contributed by atoms with Gasteiger partial charge in [-0.3, -0.25) is 9.80 Å². The van der Waals surface area contributed by atoms with Crippen molar-refractivity contribution in [2.75, 3.05) is 6.54 Å². The van der Waals surface area contributed by atoms with Crippen molar-refractivity contribution >= 4 is 22.4 Å². The van der Waals surface area contributed by atoms with E-state index in [2.05, 4.69) is 35.5 Å². The molecule has 1 atom stereocenters. The van der Waals surface area contributed by atoms with Crippen molar-refractivity contribution in [1.29, 1.82) is 0 Å². The molecule has 1 N–H and O–H groups in total. The van der Waals surface area contributed by atoms with Gasteiger partial charge in [0.1, 0.15) is 11.5 Å². The molecule has 1 aliphatic rings. The van der Waals surface area contributed by atoms with Gasteiger partial charge in [-0.05, 0) is 28.8 Å². The van der Waals surface area contributed by atoms with Gasteiger partial charge in [-0.1, -0.05) is 80.4 Å². The highest BCUT2D eigenvalue weighted by molar-refractivity contribution is 6.39. The fraction of sp³-hybridized carbons (Fsp3) is 0.308. The quantitative estimate of drug-likeness (QED) is 0.486. The second-order valence-corrected chi connectivity index (χ2v) is 7.98. The summed E-state index contributed by atoms with van der Waals surface area (Å²) in [6, 6.07) is 20.8. The minimum Gasteiger partial charge on any atom is -0.347 e. The molecule has 1 heterocycles. The van der Waals surface area contributed by atoms with Crippen molar-refractivity contribution in [3.8, 4) is 0 Å². The topological polar surface area (TPSA) is 44.7 Å². The molecule has 0 saturated heterocycles. The van der Waals surface area contributed by atoms with Crippen LogP contribution in [0.4, 0.5) is 4.39 Å². The molecule has 0 aromatic heterocycles. The maximum absolute atomic E-state index is 14.5. The van der Waals surface area contributed by atoms with Gasteiger partial charge < -0.3 is 5.32 Å². The zero-order valence-electron chi connectivity index (χ0n) is 17.9. The molecule has 4 rings (SSSR count). The number of unbranched alkanes of at least 4 members (excludes halogenated alkanes) is 2. The van der Waals surface area contributed by atoms with Crippen molar-refractivity contribution in [2.45, 2.75) is 45.2 Å². The van der Waals surface area contributed by atoms with Gasteiger partial charge in [0.25, 0.3) is 5.91 Å². The Morgan fingerprint density at radius 3 is 2.68 bits per heavy atom. The smallest absolute Gasteiger partial charge is 0.267 e. The highest BCUT2D eigenvalue weighted by Crippen LogP contribution is 2.32. The van der Waals surface area contributed by atoms with Crippen molar-refractivity contribution < 1.29 is 9.18 Å². The van der Waals surface area contributed by atoms with Crippen molar-refractivity contribution in [3.05, 3.63) is 83.7 Å². The van der Waals surface area contributed by atoms with Gasteiger partial charge in [0, 0.05) is 25.1 Å². The molecular formula is C26H28FN3O. The molecular weight excluding hydrogens is 389 g/mol. The standard InChI is InChI=1S/C26H28FN3O/c1-2-3-8-16-30-25(22-14-6-7-15-23(22)27)17-24(29-30)26(31)28-18-20-12-9-11-19-10-4-5-13-21(19)20/h4-7,9-15,25H,2-3,8,16-18H2,1H3,(H,28,31). The molecule has 1 unspecified atom stereocenters. The van der Waals surface area contributed by atoms with Crippen LogP contribution < -0.4 is 5.32 Å². The summed E-state index contributed by atoms with van der Waals surface area (Å²) < 4.78 is 14.5. The van der Waals surface area contributed by atoms with Gasteiger partial charge in [0.05, 0.1) is 6.04 Å². The Bertz CT molecular complexity index is 1090. The number of hydrogen-bond acceptors (Lipinski definition) is 3. The Balaban J connectivity index is 1.49. The highest BCUT2D eigenvalue weighted by atomic mass is 19.1. The molecule has 1 aliphatic heterocycles. The van der Waals surface area contributed by atoms with E-state index < -0.39 is 0 Å². The molecule has 0 saturated carbocycles. The van der Waals surface area contributed by atoms with Crippen LogP contribution in [0, 0.1) is 5.82 Å². The summed E-state index contributed by atoms with van der Waals surface area (Å²) in [5, 5.41) is 11.8. The Morgan fingerprint density at radius 1 is 1.06 bits per heavy atom. The molecule has 0 spiro atoms. The molecule has 0 aliphatic carbocycles. The van der Waals surface area contributed by atoms with Gasteiger partial charge in [-0.2, -0.15) is 5.10 Å². The summed E-state index contributed by atoms with van der Waals surface area (Å²) in [6.07, 6.45) is 3.56. The normalized spacial score (nSPS) is 15.9. The number of fused-ring (bicyclic) bond motifs is 1. The third kappa shape index (κ3) is 4.76. The van der Waals surface area contributed by atoms with Crippen LogP contribution in [-0.4, -0.2) is 23.2 Å². The Kier molecular flexibility index (Phi) is 6.60.